The maximum atomic E-state index is 13.8. The van der Waals surface area contributed by atoms with Crippen LogP contribution in [-0.2, 0) is 10.0 Å². The predicted molar refractivity (Wildman–Crippen MR) is 92.3 cm³/mol. The van der Waals surface area contributed by atoms with Gasteiger partial charge in [-0.05, 0) is 36.4 Å². The van der Waals surface area contributed by atoms with E-state index in [-0.39, 0.29) is 16.6 Å². The standard InChI is InChI=1S/C17H18FN3O3S/c18-15-3-1-2-4-16(15)20-9-11-21(12-10-20)17(22)13-5-7-14(8-6-13)25(19,23)24/h1-8H,9-12H2,(H2,19,23,24). The van der Waals surface area contributed by atoms with Crippen LogP contribution in [0.2, 0.25) is 0 Å². The minimum atomic E-state index is -3.78. The fourth-order valence-corrected chi connectivity index (χ4v) is 3.34. The number of hydrogen-bond donors (Lipinski definition) is 1. The van der Waals surface area contributed by atoms with E-state index in [1.807, 2.05) is 4.90 Å². The average Bonchev–Trinajstić information content (AvgIpc) is 2.61. The van der Waals surface area contributed by atoms with Crippen LogP contribution < -0.4 is 10.0 Å². The number of benzene rings is 2. The molecule has 1 aliphatic rings. The van der Waals surface area contributed by atoms with Gasteiger partial charge in [-0.3, -0.25) is 4.79 Å². The summed E-state index contributed by atoms with van der Waals surface area (Å²) in [7, 11) is -3.78. The van der Waals surface area contributed by atoms with E-state index in [4.69, 9.17) is 5.14 Å². The van der Waals surface area contributed by atoms with Gasteiger partial charge in [0, 0.05) is 31.7 Å². The highest BCUT2D eigenvalue weighted by molar-refractivity contribution is 7.89. The van der Waals surface area contributed by atoms with E-state index in [0.29, 0.717) is 37.4 Å². The van der Waals surface area contributed by atoms with E-state index >= 15 is 0 Å². The summed E-state index contributed by atoms with van der Waals surface area (Å²) in [6.07, 6.45) is 0. The molecule has 1 aliphatic heterocycles. The first-order chi connectivity index (χ1) is 11.9. The number of sulfonamides is 1. The quantitative estimate of drug-likeness (QED) is 0.894. The van der Waals surface area contributed by atoms with E-state index in [2.05, 4.69) is 0 Å². The second-order valence-electron chi connectivity index (χ2n) is 5.80. The van der Waals surface area contributed by atoms with E-state index in [9.17, 15) is 17.6 Å². The van der Waals surface area contributed by atoms with Gasteiger partial charge >= 0.3 is 0 Å². The molecule has 2 aromatic carbocycles. The average molecular weight is 363 g/mol. The van der Waals surface area contributed by atoms with Crippen molar-refractivity contribution in [3.63, 3.8) is 0 Å². The molecular formula is C17H18FN3O3S. The van der Waals surface area contributed by atoms with Crippen LogP contribution in [0, 0.1) is 5.82 Å². The molecule has 132 valence electrons. The first kappa shape index (κ1) is 17.4. The number of hydrogen-bond acceptors (Lipinski definition) is 4. The van der Waals surface area contributed by atoms with Crippen molar-refractivity contribution < 1.29 is 17.6 Å². The Morgan fingerprint density at radius 3 is 2.12 bits per heavy atom. The highest BCUT2D eigenvalue weighted by Gasteiger charge is 2.23. The van der Waals surface area contributed by atoms with Gasteiger partial charge in [0.2, 0.25) is 10.0 Å². The Morgan fingerprint density at radius 1 is 0.960 bits per heavy atom. The van der Waals surface area contributed by atoms with Crippen LogP contribution in [-0.4, -0.2) is 45.4 Å². The SMILES string of the molecule is NS(=O)(=O)c1ccc(C(=O)N2CCN(c3ccccc3F)CC2)cc1. The van der Waals surface area contributed by atoms with Gasteiger partial charge in [0.1, 0.15) is 5.82 Å². The number of primary sulfonamides is 1. The Balaban J connectivity index is 1.67. The molecule has 25 heavy (non-hydrogen) atoms. The molecule has 0 spiro atoms. The summed E-state index contributed by atoms with van der Waals surface area (Å²) in [6, 6.07) is 12.1. The highest BCUT2D eigenvalue weighted by atomic mass is 32.2. The monoisotopic (exact) mass is 363 g/mol. The highest BCUT2D eigenvalue weighted by Crippen LogP contribution is 2.21. The van der Waals surface area contributed by atoms with Gasteiger partial charge in [-0.25, -0.2) is 17.9 Å². The minimum Gasteiger partial charge on any atom is -0.366 e. The first-order valence-corrected chi connectivity index (χ1v) is 9.32. The zero-order valence-corrected chi connectivity index (χ0v) is 14.2. The number of rotatable bonds is 3. The molecule has 0 bridgehead atoms. The lowest BCUT2D eigenvalue weighted by molar-refractivity contribution is 0.0746. The lowest BCUT2D eigenvalue weighted by atomic mass is 10.1. The molecule has 0 radical (unpaired) electrons. The zero-order valence-electron chi connectivity index (χ0n) is 13.4. The van der Waals surface area contributed by atoms with Crippen molar-refractivity contribution in [2.75, 3.05) is 31.1 Å². The van der Waals surface area contributed by atoms with Gasteiger partial charge < -0.3 is 9.80 Å². The van der Waals surface area contributed by atoms with Crippen molar-refractivity contribution >= 4 is 21.6 Å². The molecule has 0 saturated carbocycles. The maximum Gasteiger partial charge on any atom is 0.253 e. The van der Waals surface area contributed by atoms with Crippen molar-refractivity contribution in [3.8, 4) is 0 Å². The number of nitrogens with zero attached hydrogens (tertiary/aromatic N) is 2. The molecule has 0 aliphatic carbocycles. The van der Waals surface area contributed by atoms with E-state index < -0.39 is 10.0 Å². The van der Waals surface area contributed by atoms with Crippen LogP contribution in [0.25, 0.3) is 0 Å². The molecule has 1 heterocycles. The van der Waals surface area contributed by atoms with Crippen molar-refractivity contribution in [1.29, 1.82) is 0 Å². The summed E-state index contributed by atoms with van der Waals surface area (Å²) in [6.45, 7) is 1.98. The second kappa shape index (κ2) is 6.81. The number of nitrogens with two attached hydrogens (primary N) is 1. The second-order valence-corrected chi connectivity index (χ2v) is 7.36. The number of halogens is 1. The summed E-state index contributed by atoms with van der Waals surface area (Å²) in [5.41, 5.74) is 0.929. The van der Waals surface area contributed by atoms with Crippen LogP contribution >= 0.6 is 0 Å². The molecular weight excluding hydrogens is 345 g/mol. The normalized spacial score (nSPS) is 15.3. The third-order valence-corrected chi connectivity index (χ3v) is 5.12. The van der Waals surface area contributed by atoms with Gasteiger partial charge in [0.15, 0.2) is 0 Å². The molecule has 6 nitrogen and oxygen atoms in total. The van der Waals surface area contributed by atoms with Gasteiger partial charge in [0.25, 0.3) is 5.91 Å². The smallest absolute Gasteiger partial charge is 0.253 e. The summed E-state index contributed by atoms with van der Waals surface area (Å²) in [5.74, 6) is -0.463. The molecule has 1 fully saturated rings. The number of carbonyl (C=O) groups is 1. The Morgan fingerprint density at radius 2 is 1.56 bits per heavy atom. The molecule has 3 rings (SSSR count). The van der Waals surface area contributed by atoms with Crippen molar-refractivity contribution in [1.82, 2.24) is 4.90 Å². The summed E-state index contributed by atoms with van der Waals surface area (Å²) in [4.78, 5) is 16.1. The minimum absolute atomic E-state index is 0.0339. The number of carbonyl (C=O) groups excluding carboxylic acids is 1. The van der Waals surface area contributed by atoms with Gasteiger partial charge in [-0.2, -0.15) is 0 Å². The number of para-hydroxylation sites is 1. The Labute approximate surface area is 145 Å². The molecule has 0 unspecified atom stereocenters. The number of amides is 1. The van der Waals surface area contributed by atoms with Crippen molar-refractivity contribution in [3.05, 3.63) is 59.9 Å². The van der Waals surface area contributed by atoms with Crippen LogP contribution in [0.5, 0.6) is 0 Å². The first-order valence-electron chi connectivity index (χ1n) is 7.78. The molecule has 0 atom stereocenters. The molecule has 2 aromatic rings. The third-order valence-electron chi connectivity index (χ3n) is 4.19. The number of anilines is 1. The number of piperazine rings is 1. The Hall–Kier alpha value is -2.45. The third kappa shape index (κ3) is 3.80. The van der Waals surface area contributed by atoms with E-state index in [1.165, 1.54) is 30.3 Å². The van der Waals surface area contributed by atoms with Crippen LogP contribution in [0.3, 0.4) is 0 Å². The largest absolute Gasteiger partial charge is 0.366 e. The van der Waals surface area contributed by atoms with Crippen LogP contribution in [0.15, 0.2) is 53.4 Å². The van der Waals surface area contributed by atoms with Crippen molar-refractivity contribution in [2.45, 2.75) is 4.90 Å². The lowest BCUT2D eigenvalue weighted by Crippen LogP contribution is -2.49. The maximum absolute atomic E-state index is 13.8. The lowest BCUT2D eigenvalue weighted by Gasteiger charge is -2.36. The summed E-state index contributed by atoms with van der Waals surface area (Å²) < 4.78 is 36.4. The predicted octanol–water partition coefficient (Wildman–Crippen LogP) is 1.44. The summed E-state index contributed by atoms with van der Waals surface area (Å²) in [5, 5.41) is 5.05. The molecule has 1 amide bonds. The zero-order chi connectivity index (χ0) is 18.0. The van der Waals surface area contributed by atoms with Gasteiger partial charge in [-0.1, -0.05) is 12.1 Å². The molecule has 0 aromatic heterocycles. The Kier molecular flexibility index (Phi) is 4.73. The fourth-order valence-electron chi connectivity index (χ4n) is 2.83. The Bertz CT molecular complexity index is 876. The van der Waals surface area contributed by atoms with Crippen LogP contribution in [0.4, 0.5) is 10.1 Å². The van der Waals surface area contributed by atoms with Gasteiger partial charge in [-0.15, -0.1) is 0 Å². The molecule has 2 N–H and O–H groups in total. The van der Waals surface area contributed by atoms with Crippen molar-refractivity contribution in [2.24, 2.45) is 5.14 Å². The molecule has 8 heteroatoms. The van der Waals surface area contributed by atoms with Gasteiger partial charge in [0.05, 0.1) is 10.6 Å². The fraction of sp³-hybridized carbons (Fsp3) is 0.235. The summed E-state index contributed by atoms with van der Waals surface area (Å²) >= 11 is 0. The molecule has 1 saturated heterocycles. The van der Waals surface area contributed by atoms with E-state index in [0.717, 1.165) is 0 Å². The van der Waals surface area contributed by atoms with Crippen LogP contribution in [0.1, 0.15) is 10.4 Å². The van der Waals surface area contributed by atoms with E-state index in [1.54, 1.807) is 23.1 Å². The topological polar surface area (TPSA) is 83.7 Å².